The maximum absolute atomic E-state index is 9.63. The lowest BCUT2D eigenvalue weighted by Gasteiger charge is -2.25. The minimum absolute atomic E-state index is 0.389. The molecule has 2 rings (SSSR count). The Morgan fingerprint density at radius 2 is 2.09 bits per heavy atom. The molecular weight excluding hydrogens is 195 g/mol. The topological polar surface area (TPSA) is 20.2 Å². The van der Waals surface area contributed by atoms with Crippen LogP contribution < -0.4 is 0 Å². The Bertz CT molecular complexity index is 212. The minimum atomic E-state index is -2.23. The molecule has 1 nitrogen and oxygen atoms in total. The summed E-state index contributed by atoms with van der Waals surface area (Å²) in [6, 6.07) is 0. The van der Waals surface area contributed by atoms with Crippen LogP contribution in [0.3, 0.4) is 0 Å². The van der Waals surface area contributed by atoms with Crippen molar-refractivity contribution in [3.63, 3.8) is 0 Å². The Labute approximate surface area is 77.8 Å². The smallest absolute Gasteiger partial charge is 0.117 e. The third kappa shape index (κ3) is 1.53. The number of hydrogen-bond donors (Lipinski definition) is 2. The van der Waals surface area contributed by atoms with Gasteiger partial charge >= 0.3 is 0 Å². The van der Waals surface area contributed by atoms with Crippen LogP contribution >= 0.6 is 17.7 Å². The van der Waals surface area contributed by atoms with Crippen molar-refractivity contribution < 1.29 is 4.89 Å². The first-order valence-electron chi connectivity index (χ1n) is 4.12. The van der Waals surface area contributed by atoms with Gasteiger partial charge in [-0.25, -0.2) is 0 Å². The average Bonchev–Trinajstić information content (AvgIpc) is 2.42. The summed E-state index contributed by atoms with van der Waals surface area (Å²) in [5, 5.41) is 0. The Morgan fingerprint density at radius 1 is 1.36 bits per heavy atom. The van der Waals surface area contributed by atoms with Crippen LogP contribution in [0.4, 0.5) is 0 Å². The number of fused-ring (bicyclic) bond motifs is 2. The zero-order valence-electron chi connectivity index (χ0n) is 6.31. The van der Waals surface area contributed by atoms with E-state index in [1.165, 1.54) is 19.3 Å². The van der Waals surface area contributed by atoms with Crippen LogP contribution in [-0.2, 0) is 11.8 Å². The SMILES string of the molecule is OP(=S)(S)C1CC2CCC1C2. The third-order valence-corrected chi connectivity index (χ3v) is 6.33. The van der Waals surface area contributed by atoms with E-state index in [0.29, 0.717) is 11.6 Å². The Morgan fingerprint density at radius 3 is 2.36 bits per heavy atom. The molecule has 2 saturated carbocycles. The van der Waals surface area contributed by atoms with E-state index in [1.807, 2.05) is 0 Å². The maximum atomic E-state index is 9.63. The fourth-order valence-electron chi connectivity index (χ4n) is 2.62. The highest BCUT2D eigenvalue weighted by Crippen LogP contribution is 2.63. The van der Waals surface area contributed by atoms with Gasteiger partial charge in [-0.1, -0.05) is 18.2 Å². The molecule has 64 valence electrons. The quantitative estimate of drug-likeness (QED) is 0.510. The van der Waals surface area contributed by atoms with E-state index in [2.05, 4.69) is 12.2 Å². The van der Waals surface area contributed by atoms with Gasteiger partial charge in [-0.3, -0.25) is 0 Å². The van der Waals surface area contributed by atoms with Crippen molar-refractivity contribution in [3.05, 3.63) is 0 Å². The first-order chi connectivity index (χ1) is 5.07. The van der Waals surface area contributed by atoms with Crippen molar-refractivity contribution in [2.75, 3.05) is 0 Å². The molecule has 0 amide bonds. The summed E-state index contributed by atoms with van der Waals surface area (Å²) in [6.45, 7) is 0. The van der Waals surface area contributed by atoms with Gasteiger partial charge < -0.3 is 4.89 Å². The molecule has 2 aliphatic rings. The predicted octanol–water partition coefficient (Wildman–Crippen LogP) is 2.41. The predicted molar refractivity (Wildman–Crippen MR) is 54.7 cm³/mol. The monoisotopic (exact) mass is 208 g/mol. The lowest BCUT2D eigenvalue weighted by molar-refractivity contribution is 0.469. The Kier molecular flexibility index (Phi) is 2.12. The van der Waals surface area contributed by atoms with Crippen molar-refractivity contribution in [2.45, 2.75) is 31.3 Å². The molecule has 0 aromatic heterocycles. The van der Waals surface area contributed by atoms with E-state index < -0.39 is 5.47 Å². The van der Waals surface area contributed by atoms with Gasteiger partial charge in [0.25, 0.3) is 0 Å². The summed E-state index contributed by atoms with van der Waals surface area (Å²) in [5.74, 6) is 1.58. The van der Waals surface area contributed by atoms with Gasteiger partial charge in [-0.2, -0.15) is 0 Å². The zero-order valence-corrected chi connectivity index (χ0v) is 8.92. The standard InChI is InChI=1S/C7H13OPS2/c8-9(10,11)7-4-5-1-2-6(7)3-5/h5-7H,1-4H2,(H2,8,10,11). The molecule has 11 heavy (non-hydrogen) atoms. The summed E-state index contributed by atoms with van der Waals surface area (Å²) in [6.07, 6.45) is 5.12. The summed E-state index contributed by atoms with van der Waals surface area (Å²) in [5.41, 5.74) is -1.84. The van der Waals surface area contributed by atoms with Crippen molar-refractivity contribution >= 4 is 29.5 Å². The molecule has 0 spiro atoms. The molecule has 2 aliphatic carbocycles. The number of hydrogen-bond acceptors (Lipinski definition) is 1. The van der Waals surface area contributed by atoms with Crippen LogP contribution in [0.15, 0.2) is 0 Å². The van der Waals surface area contributed by atoms with Crippen molar-refractivity contribution in [1.29, 1.82) is 0 Å². The van der Waals surface area contributed by atoms with Crippen LogP contribution in [0.25, 0.3) is 0 Å². The molecule has 4 atom stereocenters. The first kappa shape index (κ1) is 8.55. The molecule has 4 unspecified atom stereocenters. The second kappa shape index (κ2) is 2.73. The van der Waals surface area contributed by atoms with E-state index in [4.69, 9.17) is 11.8 Å². The lowest BCUT2D eigenvalue weighted by atomic mass is 10.0. The average molecular weight is 208 g/mol. The normalized spacial score (nSPS) is 47.6. The number of thiol groups is 1. The minimum Gasteiger partial charge on any atom is -0.357 e. The van der Waals surface area contributed by atoms with Gasteiger partial charge in [-0.15, -0.1) is 12.2 Å². The zero-order chi connectivity index (χ0) is 8.06. The highest BCUT2D eigenvalue weighted by molar-refractivity contribution is 8.61. The fourth-order valence-corrected chi connectivity index (χ4v) is 5.64. The molecular formula is C7H13OPS2. The van der Waals surface area contributed by atoms with Crippen molar-refractivity contribution in [2.24, 2.45) is 11.8 Å². The second-order valence-corrected chi connectivity index (χ2v) is 9.98. The molecule has 2 fully saturated rings. The molecule has 0 aromatic rings. The molecule has 1 N–H and O–H groups in total. The largest absolute Gasteiger partial charge is 0.357 e. The van der Waals surface area contributed by atoms with Crippen LogP contribution in [0.2, 0.25) is 0 Å². The molecule has 2 bridgehead atoms. The summed E-state index contributed by atoms with van der Waals surface area (Å²) in [7, 11) is 0. The summed E-state index contributed by atoms with van der Waals surface area (Å²) >= 11 is 9.20. The van der Waals surface area contributed by atoms with Crippen LogP contribution in [0.1, 0.15) is 25.7 Å². The fraction of sp³-hybridized carbons (Fsp3) is 1.00. The van der Waals surface area contributed by atoms with Crippen molar-refractivity contribution in [1.82, 2.24) is 0 Å². The first-order valence-corrected chi connectivity index (χ1v) is 8.10. The maximum Gasteiger partial charge on any atom is 0.117 e. The Balaban J connectivity index is 2.14. The van der Waals surface area contributed by atoms with Gasteiger partial charge in [0.15, 0.2) is 0 Å². The van der Waals surface area contributed by atoms with Gasteiger partial charge in [0.05, 0.1) is 0 Å². The van der Waals surface area contributed by atoms with Crippen LogP contribution in [0.5, 0.6) is 0 Å². The molecule has 0 saturated heterocycles. The van der Waals surface area contributed by atoms with E-state index in [9.17, 15) is 4.89 Å². The van der Waals surface area contributed by atoms with Crippen LogP contribution in [-0.4, -0.2) is 10.6 Å². The second-order valence-electron chi connectivity index (χ2n) is 3.83. The van der Waals surface area contributed by atoms with Gasteiger partial charge in [0.2, 0.25) is 0 Å². The molecule has 0 radical (unpaired) electrons. The molecule has 0 aromatic carbocycles. The molecule has 0 heterocycles. The van der Waals surface area contributed by atoms with Crippen molar-refractivity contribution in [3.8, 4) is 0 Å². The third-order valence-electron chi connectivity index (χ3n) is 3.13. The highest BCUT2D eigenvalue weighted by atomic mass is 32.9. The van der Waals surface area contributed by atoms with E-state index >= 15 is 0 Å². The van der Waals surface area contributed by atoms with E-state index in [1.54, 1.807) is 0 Å². The lowest BCUT2D eigenvalue weighted by Crippen LogP contribution is -2.14. The Hall–Kier alpha value is 0.960. The number of rotatable bonds is 1. The summed E-state index contributed by atoms with van der Waals surface area (Å²) in [4.78, 5) is 9.63. The van der Waals surface area contributed by atoms with Gasteiger partial charge in [0.1, 0.15) is 5.47 Å². The summed E-state index contributed by atoms with van der Waals surface area (Å²) < 4.78 is 0. The van der Waals surface area contributed by atoms with E-state index in [0.717, 1.165) is 12.3 Å². The van der Waals surface area contributed by atoms with Gasteiger partial charge in [0, 0.05) is 5.66 Å². The van der Waals surface area contributed by atoms with E-state index in [-0.39, 0.29) is 0 Å². The van der Waals surface area contributed by atoms with Gasteiger partial charge in [-0.05, 0) is 31.1 Å². The van der Waals surface area contributed by atoms with Crippen LogP contribution in [0, 0.1) is 11.8 Å². The molecule has 4 heteroatoms. The highest BCUT2D eigenvalue weighted by Gasteiger charge is 2.44. The molecule has 0 aliphatic heterocycles.